The molecular formula is C47H48N10O6. The number of nitrogens with one attached hydrogen (secondary N) is 3. The Bertz CT molecular complexity index is 2770. The van der Waals surface area contributed by atoms with Crippen molar-refractivity contribution in [1.29, 1.82) is 0 Å². The van der Waals surface area contributed by atoms with E-state index in [9.17, 15) is 19.2 Å². The van der Waals surface area contributed by atoms with Crippen LogP contribution in [-0.4, -0.2) is 91.8 Å². The van der Waals surface area contributed by atoms with Crippen LogP contribution in [0.15, 0.2) is 84.2 Å². The Kier molecular flexibility index (Phi) is 10.8. The van der Waals surface area contributed by atoms with Crippen LogP contribution < -0.4 is 10.2 Å². The molecule has 63 heavy (non-hydrogen) atoms. The minimum Gasteiger partial charge on any atom is -0.453 e. The van der Waals surface area contributed by atoms with Gasteiger partial charge in [0.2, 0.25) is 11.8 Å². The third-order valence-corrected chi connectivity index (χ3v) is 12.2. The van der Waals surface area contributed by atoms with E-state index in [1.54, 1.807) is 23.5 Å². The molecule has 4 amide bonds. The first-order chi connectivity index (χ1) is 30.4. The predicted octanol–water partition coefficient (Wildman–Crippen LogP) is 7.54. The minimum atomic E-state index is -0.760. The fraction of sp³-hybridized carbons (Fsp3) is 0.340. The molecule has 16 nitrogen and oxygen atoms in total. The highest BCUT2D eigenvalue weighted by Gasteiger charge is 2.43. The smallest absolute Gasteiger partial charge is 0.432 e. The molecule has 16 heteroatoms. The highest BCUT2D eigenvalue weighted by molar-refractivity contribution is 6.07. The Morgan fingerprint density at radius 1 is 0.841 bits per heavy atom. The van der Waals surface area contributed by atoms with E-state index in [2.05, 4.69) is 37.1 Å². The fourth-order valence-corrected chi connectivity index (χ4v) is 8.96. The van der Waals surface area contributed by atoms with Crippen molar-refractivity contribution in [3.05, 3.63) is 102 Å². The summed E-state index contributed by atoms with van der Waals surface area (Å²) in [5.74, 6) is 0.501. The summed E-state index contributed by atoms with van der Waals surface area (Å²) in [6.45, 7) is 6.31. The van der Waals surface area contributed by atoms with Gasteiger partial charge in [0, 0.05) is 30.3 Å². The molecule has 6 heterocycles. The average Bonchev–Trinajstić information content (AvgIpc) is 4.12. The number of para-hydroxylation sites is 1. The molecule has 0 radical (unpaired) electrons. The molecule has 3 aromatic heterocycles. The molecule has 6 aromatic rings. The number of fused-ring (bicyclic) bond motifs is 1. The second-order valence-corrected chi connectivity index (χ2v) is 17.3. The largest absolute Gasteiger partial charge is 0.453 e. The number of imidazole rings is 2. The summed E-state index contributed by atoms with van der Waals surface area (Å²) in [6, 6.07) is 18.7. The number of alkyl carbamates (subject to hydrolysis) is 1. The van der Waals surface area contributed by atoms with Gasteiger partial charge in [0.05, 0.1) is 84.6 Å². The molecule has 0 aliphatic carbocycles. The van der Waals surface area contributed by atoms with Gasteiger partial charge in [0.15, 0.2) is 0 Å². The lowest BCUT2D eigenvalue weighted by Gasteiger charge is -2.35. The Hall–Kier alpha value is -7.23. The van der Waals surface area contributed by atoms with E-state index in [0.29, 0.717) is 37.5 Å². The number of anilines is 1. The number of aliphatic imine (C=N–C) groups is 1. The molecule has 1 saturated heterocycles. The average molecular weight is 849 g/mol. The van der Waals surface area contributed by atoms with Crippen LogP contribution in [0.5, 0.6) is 0 Å². The van der Waals surface area contributed by atoms with E-state index >= 15 is 0 Å². The molecule has 1 unspecified atom stereocenters. The summed E-state index contributed by atoms with van der Waals surface area (Å²) >= 11 is 0. The van der Waals surface area contributed by atoms with Gasteiger partial charge in [-0.2, -0.15) is 4.99 Å². The first kappa shape index (κ1) is 41.1. The maximum Gasteiger partial charge on any atom is 0.432 e. The molecule has 1 fully saturated rings. The zero-order chi connectivity index (χ0) is 44.0. The van der Waals surface area contributed by atoms with Crippen molar-refractivity contribution in [3.63, 3.8) is 0 Å². The highest BCUT2D eigenvalue weighted by atomic mass is 16.5. The van der Waals surface area contributed by atoms with Crippen LogP contribution in [0.1, 0.15) is 74.9 Å². The first-order valence-corrected chi connectivity index (χ1v) is 21.1. The van der Waals surface area contributed by atoms with Gasteiger partial charge in [-0.1, -0.05) is 69.3 Å². The van der Waals surface area contributed by atoms with Crippen molar-refractivity contribution >= 4 is 46.9 Å². The van der Waals surface area contributed by atoms with E-state index in [4.69, 9.17) is 24.7 Å². The molecule has 3 aliphatic rings. The summed E-state index contributed by atoms with van der Waals surface area (Å²) < 4.78 is 9.48. The maximum atomic E-state index is 14.0. The first-order valence-electron chi connectivity index (χ1n) is 21.1. The number of rotatable bonds is 8. The van der Waals surface area contributed by atoms with Gasteiger partial charge in [-0.05, 0) is 59.9 Å². The summed E-state index contributed by atoms with van der Waals surface area (Å²) in [5, 5.41) is 2.73. The molecular weight excluding hydrogens is 801 g/mol. The van der Waals surface area contributed by atoms with Gasteiger partial charge in [0.1, 0.15) is 17.7 Å². The third kappa shape index (κ3) is 7.92. The Labute approximate surface area is 363 Å². The number of aromatic amines is 2. The van der Waals surface area contributed by atoms with Gasteiger partial charge in [-0.15, -0.1) is 0 Å². The van der Waals surface area contributed by atoms with Gasteiger partial charge in [0.25, 0.3) is 0 Å². The van der Waals surface area contributed by atoms with E-state index in [1.165, 1.54) is 20.4 Å². The standard InChI is InChI=1S/C47H48N10O6/c1-47(2,3)40(55-46(61)63-5)44(59)56-19-7-10-37(56)41-49-25-36(54-41)29-17-18-32-33(20-29)48-23-34(52-32)26-11-13-27(14-12-26)35-24-50-42(53-35)38-21-30-9-6-8-28-15-16-31(22-51-45(60)62-4)43(58)57(38)39(28)30/h6,8-9,11-14,17-18,20,22-25,31,37-38,40H,7,10,15-16,19,21H2,1-5H3,(H,49,54)(H,50,53)(H,55,61)/b51-22-/t31?,37-,38-,40+/m0/s1. The number of carbonyl (C=O) groups excluding carboxylic acids is 4. The van der Waals surface area contributed by atoms with Crippen LogP contribution >= 0.6 is 0 Å². The van der Waals surface area contributed by atoms with E-state index in [-0.39, 0.29) is 23.9 Å². The van der Waals surface area contributed by atoms with Gasteiger partial charge in [-0.3, -0.25) is 14.6 Å². The SMILES string of the molecule is COC(=O)/N=C\C1CCc2cccc3c2N(C1=O)[C@H](c1ncc(-c2ccc(-c4cnc5cc(-c6cnc([C@@H]7CCCN7C(=O)[C@@H](NC(=O)OC)C(C)(C)C)[nH]6)ccc5n4)cc2)[nH]1)C3. The number of hydrogen-bond acceptors (Lipinski definition) is 10. The van der Waals surface area contributed by atoms with E-state index < -0.39 is 29.6 Å². The third-order valence-electron chi connectivity index (χ3n) is 12.2. The number of ether oxygens (including phenoxy) is 2. The number of H-pyrrole nitrogens is 2. The lowest BCUT2D eigenvalue weighted by molar-refractivity contribution is -0.137. The zero-order valence-electron chi connectivity index (χ0n) is 35.7. The van der Waals surface area contributed by atoms with Crippen molar-refractivity contribution in [2.75, 3.05) is 25.7 Å². The van der Waals surface area contributed by atoms with Crippen LogP contribution in [0.2, 0.25) is 0 Å². The highest BCUT2D eigenvalue weighted by Crippen LogP contribution is 2.45. The molecule has 322 valence electrons. The van der Waals surface area contributed by atoms with Crippen molar-refractivity contribution in [2.45, 2.75) is 71.0 Å². The molecule has 0 bridgehead atoms. The molecule has 4 atom stereocenters. The monoisotopic (exact) mass is 848 g/mol. The molecule has 3 aromatic carbocycles. The molecule has 9 rings (SSSR count). The molecule has 3 N–H and O–H groups in total. The summed E-state index contributed by atoms with van der Waals surface area (Å²) in [6.07, 6.45) is 8.76. The lowest BCUT2D eigenvalue weighted by atomic mass is 9.85. The Balaban J connectivity index is 0.896. The predicted molar refractivity (Wildman–Crippen MR) is 236 cm³/mol. The quantitative estimate of drug-likeness (QED) is 0.129. The Morgan fingerprint density at radius 2 is 1.54 bits per heavy atom. The van der Waals surface area contributed by atoms with Crippen molar-refractivity contribution in [1.82, 2.24) is 40.1 Å². The summed E-state index contributed by atoms with van der Waals surface area (Å²) in [4.78, 5) is 85.3. The van der Waals surface area contributed by atoms with Gasteiger partial charge < -0.3 is 34.6 Å². The van der Waals surface area contributed by atoms with Crippen LogP contribution in [-0.2, 0) is 31.9 Å². The number of hydrogen-bond donors (Lipinski definition) is 3. The number of aryl methyl sites for hydroxylation is 1. The normalized spacial score (nSPS) is 19.0. The summed E-state index contributed by atoms with van der Waals surface area (Å²) in [7, 11) is 2.55. The van der Waals surface area contributed by atoms with E-state index in [0.717, 1.165) is 74.5 Å². The van der Waals surface area contributed by atoms with Gasteiger partial charge >= 0.3 is 12.2 Å². The number of carbonyl (C=O) groups is 4. The number of methoxy groups -OCH3 is 2. The Morgan fingerprint density at radius 3 is 2.27 bits per heavy atom. The molecule has 3 aliphatic heterocycles. The van der Waals surface area contributed by atoms with Crippen LogP contribution in [0, 0.1) is 11.3 Å². The number of likely N-dealkylation sites (tertiary alicyclic amines) is 1. The number of nitrogens with zero attached hydrogens (tertiary/aromatic N) is 7. The second kappa shape index (κ2) is 16.6. The van der Waals surface area contributed by atoms with Crippen LogP contribution in [0.3, 0.4) is 0 Å². The summed E-state index contributed by atoms with van der Waals surface area (Å²) in [5.41, 5.74) is 9.08. The second-order valence-electron chi connectivity index (χ2n) is 17.3. The van der Waals surface area contributed by atoms with Gasteiger partial charge in [-0.25, -0.2) is 24.5 Å². The topological polar surface area (TPSA) is 201 Å². The number of aromatic nitrogens is 6. The number of amides is 4. The number of benzene rings is 3. The van der Waals surface area contributed by atoms with Crippen LogP contribution in [0.25, 0.3) is 44.8 Å². The minimum absolute atomic E-state index is 0.120. The maximum absolute atomic E-state index is 14.0. The van der Waals surface area contributed by atoms with Crippen LogP contribution in [0.4, 0.5) is 15.3 Å². The van der Waals surface area contributed by atoms with Crippen molar-refractivity contribution < 1.29 is 28.7 Å². The lowest BCUT2D eigenvalue weighted by Crippen LogP contribution is -2.54. The fourth-order valence-electron chi connectivity index (χ4n) is 8.96. The van der Waals surface area contributed by atoms with Crippen molar-refractivity contribution in [2.24, 2.45) is 16.3 Å². The van der Waals surface area contributed by atoms with E-state index in [1.807, 2.05) is 74.2 Å². The molecule has 0 spiro atoms. The van der Waals surface area contributed by atoms with Crippen molar-refractivity contribution in [3.8, 4) is 33.8 Å². The zero-order valence-corrected chi connectivity index (χ0v) is 35.7. The molecule has 0 saturated carbocycles.